The Balaban J connectivity index is 0.000000288. The fourth-order valence-electron chi connectivity index (χ4n) is 18.0. The lowest BCUT2D eigenvalue weighted by Gasteiger charge is -2.45. The molecule has 1 aliphatic carbocycles. The number of aryl methyl sites for hydroxylation is 2. The molecule has 0 radical (unpaired) electrons. The number of pyridine rings is 2. The molecule has 2 fully saturated rings. The summed E-state index contributed by atoms with van der Waals surface area (Å²) in [6, 6.07) is 50.2. The lowest BCUT2D eigenvalue weighted by Crippen LogP contribution is -2.59. The van der Waals surface area contributed by atoms with Gasteiger partial charge in [0.25, 0.3) is 28.4 Å². The Bertz CT molecular complexity index is 5770. The van der Waals surface area contributed by atoms with Crippen molar-refractivity contribution in [2.75, 3.05) is 73.8 Å². The van der Waals surface area contributed by atoms with Gasteiger partial charge in [-0.15, -0.1) is 15.3 Å². The minimum absolute atomic E-state index is 0.00176. The van der Waals surface area contributed by atoms with Crippen molar-refractivity contribution in [1.29, 1.82) is 15.8 Å². The minimum atomic E-state index is -0.581. The van der Waals surface area contributed by atoms with Gasteiger partial charge in [-0.05, 0) is 271 Å². The summed E-state index contributed by atoms with van der Waals surface area (Å²) < 4.78 is 13.8. The maximum absolute atomic E-state index is 13.9. The number of azo groups is 3. The number of nitrogens with zero attached hydrogens (tertiary/aromatic N) is 17. The number of rotatable bonds is 46. The highest BCUT2D eigenvalue weighted by Gasteiger charge is 2.40. The second kappa shape index (κ2) is 62.2. The number of nitriles is 3. The van der Waals surface area contributed by atoms with Gasteiger partial charge in [0.15, 0.2) is 17.1 Å². The van der Waals surface area contributed by atoms with Gasteiger partial charge in [-0.2, -0.15) is 30.5 Å². The van der Waals surface area contributed by atoms with Crippen LogP contribution in [0.3, 0.4) is 0 Å². The molecule has 8 aromatic rings. The number of ether oxygens (including phenoxy) is 2. The van der Waals surface area contributed by atoms with Crippen molar-refractivity contribution < 1.29 is 34.2 Å². The maximum atomic E-state index is 13.9. The summed E-state index contributed by atoms with van der Waals surface area (Å²) in [6.45, 7) is 58.5. The third-order valence-electron chi connectivity index (χ3n) is 26.4. The van der Waals surface area contributed by atoms with Gasteiger partial charge < -0.3 is 44.7 Å². The van der Waals surface area contributed by atoms with Crippen molar-refractivity contribution in [3.8, 4) is 35.7 Å². The third kappa shape index (κ3) is 37.7. The molecule has 2 aliphatic rings. The maximum Gasteiger partial charge on any atom is 0.333 e. The zero-order valence-electron chi connectivity index (χ0n) is 89.5. The van der Waals surface area contributed by atoms with Crippen molar-refractivity contribution in [1.82, 2.24) is 19.5 Å². The van der Waals surface area contributed by atoms with Gasteiger partial charge in [0.2, 0.25) is 11.8 Å². The molecule has 28 heteroatoms. The average Bonchev–Trinajstić information content (AvgIpc) is 0.777. The largest absolute Gasteiger partial charge is 0.493 e. The van der Waals surface area contributed by atoms with Crippen molar-refractivity contribution in [2.24, 2.45) is 48.4 Å². The number of hydrogen-bond donors (Lipinski definition) is 3. The lowest BCUT2D eigenvalue weighted by molar-refractivity contribution is -0.384. The number of allylic oxidation sites excluding steroid dienone is 1. The number of benzene rings is 6. The van der Waals surface area contributed by atoms with Crippen LogP contribution in [0.5, 0.6) is 17.5 Å². The van der Waals surface area contributed by atoms with Crippen LogP contribution in [-0.4, -0.2) is 117 Å². The molecule has 3 atom stereocenters. The molecule has 774 valence electrons. The number of nitrogens with one attached hydrogen (secondary N) is 1. The van der Waals surface area contributed by atoms with E-state index in [0.717, 1.165) is 186 Å². The Kier molecular flexibility index (Phi) is 51.5. The number of carbonyl (C=O) groups is 2. The second-order valence-electron chi connectivity index (χ2n) is 38.9. The van der Waals surface area contributed by atoms with Crippen LogP contribution in [0.4, 0.5) is 51.2 Å². The summed E-state index contributed by atoms with van der Waals surface area (Å²) >= 11 is 0. The molecular formula is C116H160N18O10. The van der Waals surface area contributed by atoms with Crippen molar-refractivity contribution in [3.05, 3.63) is 250 Å². The van der Waals surface area contributed by atoms with Crippen LogP contribution in [0, 0.1) is 96.1 Å². The van der Waals surface area contributed by atoms with Crippen molar-refractivity contribution >= 4 is 69.1 Å². The van der Waals surface area contributed by atoms with E-state index in [1.807, 2.05) is 86.7 Å². The van der Waals surface area contributed by atoms with E-state index in [4.69, 9.17) is 21.3 Å². The van der Waals surface area contributed by atoms with E-state index < -0.39 is 16.0 Å². The lowest BCUT2D eigenvalue weighted by atomic mass is 9.81. The molecule has 6 aromatic carbocycles. The summed E-state index contributed by atoms with van der Waals surface area (Å²) in [6.07, 6.45) is 26.3. The smallest absolute Gasteiger partial charge is 0.333 e. The van der Waals surface area contributed by atoms with Gasteiger partial charge in [0.05, 0.1) is 41.2 Å². The number of esters is 1. The third-order valence-corrected chi connectivity index (χ3v) is 26.4. The summed E-state index contributed by atoms with van der Waals surface area (Å²) in [5.74, 6) is 1.76. The molecule has 3 heterocycles. The van der Waals surface area contributed by atoms with Crippen LogP contribution in [0.1, 0.15) is 319 Å². The molecule has 1 saturated carbocycles. The Morgan fingerprint density at radius 2 is 1.11 bits per heavy atom. The molecule has 1 saturated heterocycles. The molecular weight excluding hydrogens is 1810 g/mol. The highest BCUT2D eigenvalue weighted by Crippen LogP contribution is 2.38. The van der Waals surface area contributed by atoms with Crippen molar-refractivity contribution in [2.45, 2.75) is 316 Å². The van der Waals surface area contributed by atoms with Crippen LogP contribution in [0.25, 0.3) is 10.9 Å². The fraction of sp³-hybridized carbons (Fsp3) is 0.517. The van der Waals surface area contributed by atoms with E-state index in [0.29, 0.717) is 53.9 Å². The normalized spacial score (nSPS) is 13.9. The summed E-state index contributed by atoms with van der Waals surface area (Å²) in [5, 5.41) is 91.5. The van der Waals surface area contributed by atoms with E-state index in [9.17, 15) is 50.0 Å². The number of nitro groups is 1. The zero-order chi connectivity index (χ0) is 106. The van der Waals surface area contributed by atoms with E-state index >= 15 is 0 Å². The first-order valence-corrected chi connectivity index (χ1v) is 52.1. The average molecular weight is 1970 g/mol. The van der Waals surface area contributed by atoms with Gasteiger partial charge in [0, 0.05) is 116 Å². The van der Waals surface area contributed by atoms with E-state index in [1.54, 1.807) is 62.2 Å². The van der Waals surface area contributed by atoms with Crippen LogP contribution in [0.15, 0.2) is 198 Å². The predicted molar refractivity (Wildman–Crippen MR) is 583 cm³/mol. The number of likely N-dealkylation sites (N-methyl/N-ethyl adjacent to an activating group) is 1. The first-order valence-electron chi connectivity index (χ1n) is 52.1. The van der Waals surface area contributed by atoms with Crippen LogP contribution < -0.4 is 36.0 Å². The summed E-state index contributed by atoms with van der Waals surface area (Å²) in [5.41, 5.74) is 8.84. The first-order chi connectivity index (χ1) is 69.0. The SMILES string of the molecule is C=C(C)C(=O)OC1CC(C)(C)NC(C)(C)C1.CCCCC(CC)CN(CC(CC)CCCC)C(=O)c1ccc(N=Nc2c(C)c(C#N)c(O)n(N(CCCC)CCCC)c2=O)cc1.CCCCC(CC)Cn1c(O)c(C#N)c(C)c(N=Nc2ccc(C)cc2[N+](=O)[O-])c1=O.CCN(CC)c1ccc(N=Nc2ccccc2)cc1.[C-]#[N+]/C(C#N)=C\c1ccc(N(CC)CCOc2ccc(C3CCCCC3)cc2)cc1C. The molecule has 144 heavy (non-hydrogen) atoms. The van der Waals surface area contributed by atoms with Gasteiger partial charge in [0.1, 0.15) is 41.7 Å². The fourth-order valence-corrected chi connectivity index (χ4v) is 18.0. The quantitative estimate of drug-likeness (QED) is 0.00607. The van der Waals surface area contributed by atoms with Gasteiger partial charge in [-0.25, -0.2) is 14.9 Å². The molecule has 1 amide bonds. The molecule has 0 bridgehead atoms. The Morgan fingerprint density at radius 3 is 1.60 bits per heavy atom. The Hall–Kier alpha value is -13.4. The molecule has 3 unspecified atom stereocenters. The predicted octanol–water partition coefficient (Wildman–Crippen LogP) is 29.2. The number of nitro benzene ring substituents is 1. The highest BCUT2D eigenvalue weighted by molar-refractivity contribution is 5.94. The number of carbonyl (C=O) groups excluding carboxylic acids is 2. The first kappa shape index (κ1) is 119. The standard InChI is InChI=1S/C38H60N6O3.C27H31N3O.C22H27N5O4.C16H19N3.C13H23NO2/c1-8-14-18-30(12-5)27-42(28-31(13-6)19-15-9-2)36(45)32-20-22-33(23-21-32)40-41-35-29(7)34(26-39)37(46)44(38(35)47)43(24-16-10-3)25-17-11-4;1-4-30(26-13-10-24(21(2)18-26)19-25(20-28)29-3)16-17-31-27-14-11-23(12-15-27)22-8-6-5-7-9-22;1-5-7-8-16(6-2)13-26-21(28)17(12-23)15(4)20(22(26)29)25-24-18-10-9-14(3)11-19(18)27(30)31;1-3-19(4-2)16-12-10-15(11-13-16)18-17-14-8-6-5-7-9-14;1-9(2)11(15)16-10-7-12(3,4)14-13(5,6)8-10/h20-23,30-31,46H,8-19,24-25,27-28H2,1-7H3;10-15,18-19,22H,4-9,16-17H2,1-2H3;9-11,16,28H,5-8,13H2,1-4H3;5-13H,3-4H2,1-2H3;10,14H,1,7-8H2,2-6H3/b;25-19-;;;. The highest BCUT2D eigenvalue weighted by atomic mass is 16.6. The molecule has 28 nitrogen and oxygen atoms in total. The van der Waals surface area contributed by atoms with Crippen molar-refractivity contribution in [3.63, 3.8) is 0 Å². The topological polar surface area (TPSA) is 355 Å². The number of piperidine rings is 1. The van der Waals surface area contributed by atoms with Gasteiger partial charge in [-0.1, -0.05) is 194 Å². The number of hydrogen-bond acceptors (Lipinski definition) is 23. The van der Waals surface area contributed by atoms with Gasteiger partial charge in [-0.3, -0.25) is 29.1 Å². The second-order valence-corrected chi connectivity index (χ2v) is 38.9. The number of amides is 1. The number of anilines is 2. The zero-order valence-corrected chi connectivity index (χ0v) is 89.5. The van der Waals surface area contributed by atoms with E-state index in [1.165, 1.54) is 79.9 Å². The number of unbranched alkanes of at least 4 members (excludes halogenated alkanes) is 5. The molecule has 0 spiro atoms. The Labute approximate surface area is 857 Å². The summed E-state index contributed by atoms with van der Waals surface area (Å²) in [7, 11) is 0. The van der Waals surface area contributed by atoms with E-state index in [2.05, 4.69) is 202 Å². The van der Waals surface area contributed by atoms with Gasteiger partial charge >= 0.3 is 5.97 Å². The summed E-state index contributed by atoms with van der Waals surface area (Å²) in [4.78, 5) is 72.8. The molecule has 2 aromatic heterocycles. The Morgan fingerprint density at radius 1 is 0.611 bits per heavy atom. The van der Waals surface area contributed by atoms with Crippen LogP contribution in [-0.2, 0) is 16.1 Å². The molecule has 10 rings (SSSR count). The number of aromatic nitrogens is 2. The monoisotopic (exact) mass is 1970 g/mol. The van der Waals surface area contributed by atoms with E-state index in [-0.39, 0.29) is 104 Å². The molecule has 1 aliphatic heterocycles. The minimum Gasteiger partial charge on any atom is -0.493 e. The van der Waals surface area contributed by atoms with Crippen LogP contribution >= 0.6 is 0 Å². The van der Waals surface area contributed by atoms with Crippen LogP contribution in [0.2, 0.25) is 0 Å². The number of aromatic hydroxyl groups is 2. The molecule has 3 N–H and O–H groups in total.